The fourth-order valence-electron chi connectivity index (χ4n) is 4.45. The zero-order chi connectivity index (χ0) is 19.9. The molecule has 2 aliphatic rings. The SMILES string of the molecule is CN1CCCN(C[C@@H]2CN(C(=O)CN(C)Cc3ccccc3)C[C@@H]2CO)CC1. The molecule has 0 aromatic heterocycles. The van der Waals surface area contributed by atoms with Crippen LogP contribution in [0.15, 0.2) is 30.3 Å². The Labute approximate surface area is 169 Å². The molecule has 2 fully saturated rings. The second-order valence-electron chi connectivity index (χ2n) is 8.62. The molecule has 2 aliphatic heterocycles. The first kappa shape index (κ1) is 21.2. The van der Waals surface area contributed by atoms with Crippen molar-refractivity contribution in [1.82, 2.24) is 19.6 Å². The fraction of sp³-hybridized carbons (Fsp3) is 0.682. The average Bonchev–Trinajstić information content (AvgIpc) is 2.98. The number of hydrogen-bond acceptors (Lipinski definition) is 5. The van der Waals surface area contributed by atoms with E-state index >= 15 is 0 Å². The van der Waals surface area contributed by atoms with Crippen LogP contribution in [0.1, 0.15) is 12.0 Å². The highest BCUT2D eigenvalue weighted by Gasteiger charge is 2.36. The van der Waals surface area contributed by atoms with Gasteiger partial charge in [-0.25, -0.2) is 0 Å². The van der Waals surface area contributed by atoms with Crippen LogP contribution in [0.5, 0.6) is 0 Å². The Morgan fingerprint density at radius 3 is 2.61 bits per heavy atom. The zero-order valence-corrected chi connectivity index (χ0v) is 17.5. The molecule has 0 saturated carbocycles. The van der Waals surface area contributed by atoms with Gasteiger partial charge in [-0.3, -0.25) is 9.69 Å². The smallest absolute Gasteiger partial charge is 0.236 e. The summed E-state index contributed by atoms with van der Waals surface area (Å²) in [5.74, 6) is 0.746. The van der Waals surface area contributed by atoms with Gasteiger partial charge in [0.25, 0.3) is 0 Å². The fourth-order valence-corrected chi connectivity index (χ4v) is 4.45. The van der Waals surface area contributed by atoms with Crippen molar-refractivity contribution in [3.05, 3.63) is 35.9 Å². The highest BCUT2D eigenvalue weighted by atomic mass is 16.3. The Hall–Kier alpha value is -1.47. The third-order valence-corrected chi connectivity index (χ3v) is 6.17. The van der Waals surface area contributed by atoms with Gasteiger partial charge in [0.15, 0.2) is 0 Å². The number of nitrogens with zero attached hydrogens (tertiary/aromatic N) is 4. The maximum atomic E-state index is 12.8. The molecule has 3 rings (SSSR count). The summed E-state index contributed by atoms with van der Waals surface area (Å²) < 4.78 is 0. The van der Waals surface area contributed by atoms with Crippen LogP contribution in [0.4, 0.5) is 0 Å². The number of carbonyl (C=O) groups is 1. The third-order valence-electron chi connectivity index (χ3n) is 6.17. The lowest BCUT2D eigenvalue weighted by Gasteiger charge is -2.26. The summed E-state index contributed by atoms with van der Waals surface area (Å²) in [6, 6.07) is 10.3. The van der Waals surface area contributed by atoms with E-state index in [1.165, 1.54) is 12.0 Å². The number of hydrogen-bond donors (Lipinski definition) is 1. The first-order valence-electron chi connectivity index (χ1n) is 10.6. The predicted octanol–water partition coefficient (Wildman–Crippen LogP) is 0.823. The van der Waals surface area contributed by atoms with Gasteiger partial charge < -0.3 is 19.8 Å². The van der Waals surface area contributed by atoms with Crippen molar-refractivity contribution in [1.29, 1.82) is 0 Å². The normalized spacial score (nSPS) is 24.6. The first-order chi connectivity index (χ1) is 13.5. The van der Waals surface area contributed by atoms with E-state index in [0.29, 0.717) is 19.0 Å². The van der Waals surface area contributed by atoms with Gasteiger partial charge in [0, 0.05) is 51.8 Å². The molecule has 1 aromatic carbocycles. The molecule has 0 bridgehead atoms. The molecule has 2 saturated heterocycles. The van der Waals surface area contributed by atoms with E-state index in [1.807, 2.05) is 30.1 Å². The van der Waals surface area contributed by atoms with Crippen LogP contribution in [0.2, 0.25) is 0 Å². The molecule has 0 unspecified atom stereocenters. The van der Waals surface area contributed by atoms with Gasteiger partial charge in [0.1, 0.15) is 0 Å². The van der Waals surface area contributed by atoms with Gasteiger partial charge >= 0.3 is 0 Å². The van der Waals surface area contributed by atoms with E-state index in [2.05, 4.69) is 33.9 Å². The topological polar surface area (TPSA) is 50.3 Å². The number of rotatable bonds is 7. The number of aliphatic hydroxyl groups excluding tert-OH is 1. The van der Waals surface area contributed by atoms with Crippen LogP contribution in [0, 0.1) is 11.8 Å². The molecule has 0 spiro atoms. The van der Waals surface area contributed by atoms with Crippen molar-refractivity contribution in [2.24, 2.45) is 11.8 Å². The molecule has 0 aliphatic carbocycles. The van der Waals surface area contributed by atoms with Crippen molar-refractivity contribution in [2.75, 3.05) is 73.1 Å². The molecule has 1 amide bonds. The summed E-state index contributed by atoms with van der Waals surface area (Å²) in [4.78, 5) is 21.8. The summed E-state index contributed by atoms with van der Waals surface area (Å²) in [6.45, 7) is 8.27. The van der Waals surface area contributed by atoms with Crippen LogP contribution >= 0.6 is 0 Å². The maximum Gasteiger partial charge on any atom is 0.236 e. The van der Waals surface area contributed by atoms with Crippen molar-refractivity contribution < 1.29 is 9.90 Å². The lowest BCUT2D eigenvalue weighted by molar-refractivity contribution is -0.131. The third kappa shape index (κ3) is 6.01. The van der Waals surface area contributed by atoms with Crippen molar-refractivity contribution in [2.45, 2.75) is 13.0 Å². The lowest BCUT2D eigenvalue weighted by Crippen LogP contribution is -2.39. The average molecular weight is 389 g/mol. The maximum absolute atomic E-state index is 12.8. The standard InChI is InChI=1S/C22H36N4O2/c1-23-9-6-10-25(12-11-23)14-20-15-26(16-21(20)18-27)22(28)17-24(2)13-19-7-4-3-5-8-19/h3-5,7-8,20-21,27H,6,9-18H2,1-2H3/t20-,21-/m1/s1. The Bertz CT molecular complexity index is 612. The van der Waals surface area contributed by atoms with Gasteiger partial charge in [0.2, 0.25) is 5.91 Å². The Balaban J connectivity index is 1.49. The highest BCUT2D eigenvalue weighted by Crippen LogP contribution is 2.25. The summed E-state index contributed by atoms with van der Waals surface area (Å²) in [6.07, 6.45) is 1.19. The predicted molar refractivity (Wildman–Crippen MR) is 112 cm³/mol. The van der Waals surface area contributed by atoms with E-state index < -0.39 is 0 Å². The molecule has 0 radical (unpaired) electrons. The van der Waals surface area contributed by atoms with Crippen molar-refractivity contribution >= 4 is 5.91 Å². The quantitative estimate of drug-likeness (QED) is 0.750. The molecule has 28 heavy (non-hydrogen) atoms. The van der Waals surface area contributed by atoms with Gasteiger partial charge in [0.05, 0.1) is 6.54 Å². The van der Waals surface area contributed by atoms with Crippen LogP contribution in [0.25, 0.3) is 0 Å². The Morgan fingerprint density at radius 2 is 1.86 bits per heavy atom. The van der Waals surface area contributed by atoms with E-state index in [4.69, 9.17) is 0 Å². The first-order valence-corrected chi connectivity index (χ1v) is 10.6. The van der Waals surface area contributed by atoms with Crippen molar-refractivity contribution in [3.8, 4) is 0 Å². The summed E-state index contributed by atoms with van der Waals surface area (Å²) in [7, 11) is 4.18. The number of carbonyl (C=O) groups excluding carboxylic acids is 1. The second kappa shape index (κ2) is 10.3. The van der Waals surface area contributed by atoms with E-state index in [9.17, 15) is 9.90 Å². The Morgan fingerprint density at radius 1 is 1.11 bits per heavy atom. The monoisotopic (exact) mass is 388 g/mol. The lowest BCUT2D eigenvalue weighted by atomic mass is 9.96. The number of likely N-dealkylation sites (tertiary alicyclic amines) is 1. The van der Waals surface area contributed by atoms with Crippen LogP contribution < -0.4 is 0 Å². The summed E-state index contributed by atoms with van der Waals surface area (Å²) in [5.41, 5.74) is 1.22. The van der Waals surface area contributed by atoms with Gasteiger partial charge in [-0.1, -0.05) is 30.3 Å². The molecule has 156 valence electrons. The van der Waals surface area contributed by atoms with Crippen molar-refractivity contribution in [3.63, 3.8) is 0 Å². The minimum atomic E-state index is 0.169. The number of benzene rings is 1. The van der Waals surface area contributed by atoms with Gasteiger partial charge in [-0.2, -0.15) is 0 Å². The largest absolute Gasteiger partial charge is 0.396 e. The molecule has 1 aromatic rings. The summed E-state index contributed by atoms with van der Waals surface area (Å²) in [5, 5.41) is 9.86. The Kier molecular flexibility index (Phi) is 7.85. The number of amides is 1. The second-order valence-corrected chi connectivity index (χ2v) is 8.62. The minimum Gasteiger partial charge on any atom is -0.396 e. The molecule has 1 N–H and O–H groups in total. The number of likely N-dealkylation sites (N-methyl/N-ethyl adjacent to an activating group) is 2. The molecular weight excluding hydrogens is 352 g/mol. The van der Waals surface area contributed by atoms with Crippen LogP contribution in [0.3, 0.4) is 0 Å². The number of aliphatic hydroxyl groups is 1. The highest BCUT2D eigenvalue weighted by molar-refractivity contribution is 5.78. The molecule has 2 heterocycles. The summed E-state index contributed by atoms with van der Waals surface area (Å²) >= 11 is 0. The van der Waals surface area contributed by atoms with E-state index in [1.54, 1.807) is 0 Å². The molecule has 6 heteroatoms. The van der Waals surface area contributed by atoms with Gasteiger partial charge in [-0.15, -0.1) is 0 Å². The molecule has 6 nitrogen and oxygen atoms in total. The zero-order valence-electron chi connectivity index (χ0n) is 17.5. The molecular formula is C22H36N4O2. The minimum absolute atomic E-state index is 0.169. The van der Waals surface area contributed by atoms with Crippen LogP contribution in [-0.2, 0) is 11.3 Å². The van der Waals surface area contributed by atoms with Crippen LogP contribution in [-0.4, -0.2) is 104 Å². The molecule has 2 atom stereocenters. The van der Waals surface area contributed by atoms with E-state index in [0.717, 1.165) is 45.8 Å². The van der Waals surface area contributed by atoms with E-state index in [-0.39, 0.29) is 18.4 Å². The van der Waals surface area contributed by atoms with Gasteiger partial charge in [-0.05, 0) is 45.1 Å².